The van der Waals surface area contributed by atoms with E-state index in [0.717, 1.165) is 88.7 Å². The molecule has 0 saturated heterocycles. The second-order valence-electron chi connectivity index (χ2n) is 17.6. The van der Waals surface area contributed by atoms with Gasteiger partial charge in [-0.1, -0.05) is 182 Å². The van der Waals surface area contributed by atoms with Crippen LogP contribution in [0.15, 0.2) is 241 Å². The minimum atomic E-state index is -0.616. The van der Waals surface area contributed by atoms with Crippen molar-refractivity contribution in [1.29, 1.82) is 0 Å². The summed E-state index contributed by atoms with van der Waals surface area (Å²) in [6.45, 7) is 0. The maximum atomic E-state index is 7.21. The van der Waals surface area contributed by atoms with Gasteiger partial charge in [0.25, 0.3) is 0 Å². The van der Waals surface area contributed by atoms with Gasteiger partial charge in [0.1, 0.15) is 22.7 Å². The lowest BCUT2D eigenvalue weighted by atomic mass is 9.65. The normalized spacial score (nSPS) is 13.1. The van der Waals surface area contributed by atoms with Crippen molar-refractivity contribution in [3.05, 3.63) is 259 Å². The molecule has 1 spiro atoms. The highest BCUT2D eigenvalue weighted by molar-refractivity contribution is 6.07. The fourth-order valence-electron chi connectivity index (χ4n) is 11.1. The van der Waals surface area contributed by atoms with E-state index in [1.54, 1.807) is 0 Å². The van der Waals surface area contributed by atoms with E-state index in [2.05, 4.69) is 229 Å². The predicted molar refractivity (Wildman–Crippen MR) is 272 cm³/mol. The van der Waals surface area contributed by atoms with Gasteiger partial charge < -0.3 is 14.1 Å². The lowest BCUT2D eigenvalue weighted by molar-refractivity contribution is 0.447. The molecule has 0 unspecified atom stereocenters. The Morgan fingerprint density at radius 3 is 1.64 bits per heavy atom. The number of hydrogen-bond donors (Lipinski definition) is 0. The van der Waals surface area contributed by atoms with Crippen molar-refractivity contribution >= 4 is 60.5 Å². The van der Waals surface area contributed by atoms with Crippen molar-refractivity contribution in [2.24, 2.45) is 0 Å². The molecule has 0 atom stereocenters. The van der Waals surface area contributed by atoms with Gasteiger partial charge in [-0.2, -0.15) is 0 Å². The van der Waals surface area contributed by atoms with E-state index in [9.17, 15) is 0 Å². The molecule has 0 radical (unpaired) electrons. The summed E-state index contributed by atoms with van der Waals surface area (Å²) in [6.07, 6.45) is 0. The number of benzene rings is 11. The molecule has 1 aliphatic heterocycles. The average molecular weight is 842 g/mol. The Labute approximate surface area is 382 Å². The van der Waals surface area contributed by atoms with Crippen LogP contribution in [0.5, 0.6) is 11.5 Å². The summed E-state index contributed by atoms with van der Waals surface area (Å²) in [5, 5.41) is 6.75. The molecule has 0 N–H and O–H groups in total. The quantitative estimate of drug-likeness (QED) is 0.173. The molecule has 1 aromatic heterocycles. The Hall–Kier alpha value is -8.66. The molecule has 11 aromatic carbocycles. The van der Waals surface area contributed by atoms with Gasteiger partial charge in [0, 0.05) is 49.7 Å². The molecule has 0 amide bonds. The molecule has 2 heterocycles. The van der Waals surface area contributed by atoms with Gasteiger partial charge in [0.15, 0.2) is 0 Å². The van der Waals surface area contributed by atoms with Crippen LogP contribution in [-0.2, 0) is 5.41 Å². The first-order valence-corrected chi connectivity index (χ1v) is 22.6. The van der Waals surface area contributed by atoms with Crippen LogP contribution in [0.2, 0.25) is 0 Å². The summed E-state index contributed by atoms with van der Waals surface area (Å²) in [7, 11) is 0. The first kappa shape index (κ1) is 36.8. The lowest BCUT2D eigenvalue weighted by Gasteiger charge is -2.40. The van der Waals surface area contributed by atoms with Crippen molar-refractivity contribution in [3.8, 4) is 44.9 Å². The standard InChI is InChI=1S/C63H39NO2/c1-2-13-40(14-3-1)44-17-12-18-47(37-44)64(48-32-36-60-54(39-48)53-22-9-11-24-59(53)65-60)46-30-25-41(26-31-46)45-27-33-52-51-21-8-10-23-55(51)63(58(52)38-45)56-34-28-42-15-4-6-19-49(42)61(56)66-62-50-20-7-5-16-43(50)29-35-57(62)63/h1-39H. The third-order valence-electron chi connectivity index (χ3n) is 14.1. The molecule has 0 fully saturated rings. The zero-order valence-corrected chi connectivity index (χ0v) is 35.8. The molecule has 14 rings (SSSR count). The number of anilines is 3. The number of rotatable bonds is 5. The number of para-hydroxylation sites is 1. The molecule has 3 heteroatoms. The third-order valence-corrected chi connectivity index (χ3v) is 14.1. The van der Waals surface area contributed by atoms with E-state index in [1.807, 2.05) is 12.1 Å². The highest BCUT2D eigenvalue weighted by atomic mass is 16.5. The Kier molecular flexibility index (Phi) is 7.90. The fourth-order valence-corrected chi connectivity index (χ4v) is 11.1. The number of hydrogen-bond acceptors (Lipinski definition) is 3. The number of nitrogens with zero attached hydrogens (tertiary/aromatic N) is 1. The maximum Gasteiger partial charge on any atom is 0.140 e. The lowest BCUT2D eigenvalue weighted by Crippen LogP contribution is -2.32. The molecule has 0 bridgehead atoms. The zero-order valence-electron chi connectivity index (χ0n) is 35.8. The summed E-state index contributed by atoms with van der Waals surface area (Å²) in [5.74, 6) is 1.85. The van der Waals surface area contributed by atoms with Crippen LogP contribution >= 0.6 is 0 Å². The van der Waals surface area contributed by atoms with E-state index in [-0.39, 0.29) is 0 Å². The second-order valence-corrected chi connectivity index (χ2v) is 17.6. The summed E-state index contributed by atoms with van der Waals surface area (Å²) >= 11 is 0. The molecule has 12 aromatic rings. The molecular formula is C63H39NO2. The van der Waals surface area contributed by atoms with Gasteiger partial charge in [-0.15, -0.1) is 0 Å². The van der Waals surface area contributed by atoms with E-state index in [4.69, 9.17) is 9.15 Å². The van der Waals surface area contributed by atoms with E-state index in [0.29, 0.717) is 0 Å². The number of fused-ring (bicyclic) bond motifs is 16. The minimum absolute atomic E-state index is 0.616. The predicted octanol–water partition coefficient (Wildman–Crippen LogP) is 17.2. The summed E-state index contributed by atoms with van der Waals surface area (Å²) in [6, 6.07) is 85.8. The Morgan fingerprint density at radius 1 is 0.303 bits per heavy atom. The highest BCUT2D eigenvalue weighted by Gasteiger charge is 2.52. The Bertz CT molecular complexity index is 3830. The van der Waals surface area contributed by atoms with Crippen molar-refractivity contribution in [3.63, 3.8) is 0 Å². The van der Waals surface area contributed by atoms with Crippen LogP contribution in [0.3, 0.4) is 0 Å². The summed E-state index contributed by atoms with van der Waals surface area (Å²) < 4.78 is 13.5. The monoisotopic (exact) mass is 841 g/mol. The molecular weight excluding hydrogens is 803 g/mol. The van der Waals surface area contributed by atoms with Crippen LogP contribution in [0.4, 0.5) is 17.1 Å². The van der Waals surface area contributed by atoms with Gasteiger partial charge in [-0.3, -0.25) is 0 Å². The summed E-state index contributed by atoms with van der Waals surface area (Å²) in [4.78, 5) is 2.36. The number of furan rings is 1. The van der Waals surface area contributed by atoms with E-state index >= 15 is 0 Å². The fraction of sp³-hybridized carbons (Fsp3) is 0.0159. The van der Waals surface area contributed by atoms with Crippen LogP contribution in [0.1, 0.15) is 22.3 Å². The third kappa shape index (κ3) is 5.32. The SMILES string of the molecule is c1ccc(-c2cccc(N(c3ccc(-c4ccc5c(c4)C4(c6ccccc6-5)c5ccc6ccccc6c5Oc5c4ccc4ccccc54)cc3)c3ccc4oc5ccccc5c4c3)c2)cc1. The topological polar surface area (TPSA) is 25.6 Å². The molecule has 66 heavy (non-hydrogen) atoms. The van der Waals surface area contributed by atoms with E-state index in [1.165, 1.54) is 38.9 Å². The van der Waals surface area contributed by atoms with Gasteiger partial charge in [-0.25, -0.2) is 0 Å². The highest BCUT2D eigenvalue weighted by Crippen LogP contribution is 2.64. The van der Waals surface area contributed by atoms with Crippen LogP contribution in [0, 0.1) is 0 Å². The number of ether oxygens (including phenoxy) is 1. The van der Waals surface area contributed by atoms with Gasteiger partial charge in [0.2, 0.25) is 0 Å². The van der Waals surface area contributed by atoms with Crippen LogP contribution in [0.25, 0.3) is 76.9 Å². The zero-order chi connectivity index (χ0) is 43.3. The summed E-state index contributed by atoms with van der Waals surface area (Å²) in [5.41, 5.74) is 16.4. The van der Waals surface area contributed by atoms with Crippen molar-refractivity contribution in [1.82, 2.24) is 0 Å². The largest absolute Gasteiger partial charge is 0.456 e. The second kappa shape index (κ2) is 14.2. The molecule has 3 nitrogen and oxygen atoms in total. The van der Waals surface area contributed by atoms with Crippen molar-refractivity contribution < 1.29 is 9.15 Å². The average Bonchev–Trinajstić information content (AvgIpc) is 3.90. The molecule has 0 saturated carbocycles. The van der Waals surface area contributed by atoms with Crippen LogP contribution in [-0.4, -0.2) is 0 Å². The van der Waals surface area contributed by atoms with Crippen LogP contribution < -0.4 is 9.64 Å². The van der Waals surface area contributed by atoms with Gasteiger partial charge in [0.05, 0.1) is 5.41 Å². The van der Waals surface area contributed by atoms with Crippen molar-refractivity contribution in [2.45, 2.75) is 5.41 Å². The van der Waals surface area contributed by atoms with Gasteiger partial charge in [-0.05, 0) is 110 Å². The first-order valence-electron chi connectivity index (χ1n) is 22.6. The maximum absolute atomic E-state index is 7.21. The molecule has 1 aliphatic carbocycles. The Morgan fingerprint density at radius 2 is 0.864 bits per heavy atom. The van der Waals surface area contributed by atoms with Gasteiger partial charge >= 0.3 is 0 Å². The van der Waals surface area contributed by atoms with Crippen molar-refractivity contribution in [2.75, 3.05) is 4.90 Å². The first-order chi connectivity index (χ1) is 32.7. The Balaban J connectivity index is 0.949. The minimum Gasteiger partial charge on any atom is -0.456 e. The smallest absolute Gasteiger partial charge is 0.140 e. The molecule has 308 valence electrons. The van der Waals surface area contributed by atoms with E-state index < -0.39 is 5.41 Å². The molecule has 2 aliphatic rings.